The van der Waals surface area contributed by atoms with Crippen molar-refractivity contribution in [1.82, 2.24) is 4.90 Å². The average Bonchev–Trinajstić information content (AvgIpc) is 2.51. The van der Waals surface area contributed by atoms with Gasteiger partial charge in [-0.25, -0.2) is 4.39 Å². The summed E-state index contributed by atoms with van der Waals surface area (Å²) >= 11 is 5.97. The molecule has 0 aliphatic carbocycles. The molecular formula is C18H28ClFN2O. The van der Waals surface area contributed by atoms with Gasteiger partial charge in [0.2, 0.25) is 0 Å². The number of piperidine rings is 1. The molecule has 1 fully saturated rings. The molecule has 0 unspecified atom stereocenters. The molecule has 23 heavy (non-hydrogen) atoms. The first-order chi connectivity index (χ1) is 10.8. The first-order valence-electron chi connectivity index (χ1n) is 8.35. The van der Waals surface area contributed by atoms with E-state index < -0.39 is 0 Å². The molecule has 1 aliphatic rings. The van der Waals surface area contributed by atoms with E-state index in [1.54, 1.807) is 18.2 Å². The molecule has 130 valence electrons. The predicted molar refractivity (Wildman–Crippen MR) is 93.2 cm³/mol. The fourth-order valence-corrected chi connectivity index (χ4v) is 3.46. The molecule has 1 heterocycles. The van der Waals surface area contributed by atoms with E-state index in [1.807, 2.05) is 0 Å². The van der Waals surface area contributed by atoms with Crippen molar-refractivity contribution < 1.29 is 9.13 Å². The van der Waals surface area contributed by atoms with Gasteiger partial charge in [0, 0.05) is 30.1 Å². The highest BCUT2D eigenvalue weighted by molar-refractivity contribution is 6.30. The van der Waals surface area contributed by atoms with Crippen LogP contribution in [0.5, 0.6) is 0 Å². The lowest BCUT2D eigenvalue weighted by Crippen LogP contribution is -2.48. The number of hydrogen-bond acceptors (Lipinski definition) is 3. The van der Waals surface area contributed by atoms with Crippen molar-refractivity contribution in [1.29, 1.82) is 0 Å². The van der Waals surface area contributed by atoms with Gasteiger partial charge in [0.15, 0.2) is 0 Å². The van der Waals surface area contributed by atoms with Crippen molar-refractivity contribution in [3.05, 3.63) is 34.6 Å². The van der Waals surface area contributed by atoms with Crippen molar-refractivity contribution >= 4 is 11.6 Å². The highest BCUT2D eigenvalue weighted by atomic mass is 35.5. The molecule has 0 amide bonds. The van der Waals surface area contributed by atoms with Gasteiger partial charge >= 0.3 is 0 Å². The second kappa shape index (κ2) is 7.93. The third-order valence-electron chi connectivity index (χ3n) is 4.54. The smallest absolute Gasteiger partial charge is 0.147 e. The first kappa shape index (κ1) is 18.7. The molecule has 0 spiro atoms. The van der Waals surface area contributed by atoms with Gasteiger partial charge in [0.1, 0.15) is 5.82 Å². The molecule has 2 atom stereocenters. The Kier molecular flexibility index (Phi) is 6.43. The summed E-state index contributed by atoms with van der Waals surface area (Å²) in [7, 11) is 0. The van der Waals surface area contributed by atoms with Crippen molar-refractivity contribution in [3.8, 4) is 0 Å². The zero-order chi connectivity index (χ0) is 17.0. The molecule has 0 aromatic heterocycles. The van der Waals surface area contributed by atoms with Gasteiger partial charge in [-0.05, 0) is 46.2 Å². The van der Waals surface area contributed by atoms with Crippen molar-refractivity contribution in [2.45, 2.75) is 45.3 Å². The highest BCUT2D eigenvalue weighted by Gasteiger charge is 2.34. The summed E-state index contributed by atoms with van der Waals surface area (Å²) in [5.74, 6) is -0.133. The molecule has 0 radical (unpaired) electrons. The summed E-state index contributed by atoms with van der Waals surface area (Å²) < 4.78 is 20.5. The first-order valence-corrected chi connectivity index (χ1v) is 8.73. The van der Waals surface area contributed by atoms with Crippen LogP contribution in [0.2, 0.25) is 5.02 Å². The van der Waals surface area contributed by atoms with Crippen LogP contribution in [-0.4, -0.2) is 36.7 Å². The summed E-state index contributed by atoms with van der Waals surface area (Å²) in [6, 6.07) is 5.13. The highest BCUT2D eigenvalue weighted by Crippen LogP contribution is 2.37. The lowest BCUT2D eigenvalue weighted by Gasteiger charge is -2.43. The van der Waals surface area contributed by atoms with E-state index in [1.165, 1.54) is 0 Å². The normalized spacial score (nSPS) is 21.4. The second-order valence-electron chi connectivity index (χ2n) is 7.24. The molecule has 1 aliphatic heterocycles. The average molecular weight is 343 g/mol. The van der Waals surface area contributed by atoms with Gasteiger partial charge < -0.3 is 10.5 Å². The second-order valence-corrected chi connectivity index (χ2v) is 7.65. The van der Waals surface area contributed by atoms with E-state index in [-0.39, 0.29) is 28.4 Å². The van der Waals surface area contributed by atoms with E-state index in [4.69, 9.17) is 22.1 Å². The van der Waals surface area contributed by atoms with Gasteiger partial charge in [0.05, 0.1) is 17.7 Å². The van der Waals surface area contributed by atoms with Crippen molar-refractivity contribution in [2.24, 2.45) is 11.7 Å². The molecule has 0 saturated carbocycles. The van der Waals surface area contributed by atoms with Crippen LogP contribution < -0.4 is 5.73 Å². The molecule has 1 aromatic rings. The summed E-state index contributed by atoms with van der Waals surface area (Å²) in [6.07, 6.45) is 1.81. The van der Waals surface area contributed by atoms with Crippen LogP contribution >= 0.6 is 11.6 Å². The van der Waals surface area contributed by atoms with E-state index in [0.717, 1.165) is 25.9 Å². The van der Waals surface area contributed by atoms with Crippen LogP contribution in [0.25, 0.3) is 0 Å². The Hall–Kier alpha value is -0.680. The predicted octanol–water partition coefficient (Wildman–Crippen LogP) is 4.01. The van der Waals surface area contributed by atoms with Gasteiger partial charge in [-0.2, -0.15) is 0 Å². The Morgan fingerprint density at radius 1 is 1.43 bits per heavy atom. The van der Waals surface area contributed by atoms with Crippen LogP contribution in [0.4, 0.5) is 4.39 Å². The molecule has 2 N–H and O–H groups in total. The van der Waals surface area contributed by atoms with E-state index in [9.17, 15) is 4.39 Å². The minimum atomic E-state index is -0.371. The van der Waals surface area contributed by atoms with Crippen LogP contribution in [0.15, 0.2) is 18.2 Å². The van der Waals surface area contributed by atoms with Crippen LogP contribution in [-0.2, 0) is 4.74 Å². The van der Waals surface area contributed by atoms with Crippen molar-refractivity contribution in [2.75, 3.05) is 26.2 Å². The van der Waals surface area contributed by atoms with Crippen LogP contribution in [0.3, 0.4) is 0 Å². The van der Waals surface area contributed by atoms with Crippen molar-refractivity contribution in [3.63, 3.8) is 0 Å². The topological polar surface area (TPSA) is 38.5 Å². The number of likely N-dealkylation sites (tertiary alicyclic amines) is 1. The fourth-order valence-electron chi connectivity index (χ4n) is 3.28. The number of hydrogen-bond donors (Lipinski definition) is 1. The number of nitrogens with zero attached hydrogens (tertiary/aromatic N) is 1. The number of halogens is 2. The number of benzene rings is 1. The third-order valence-corrected chi connectivity index (χ3v) is 4.83. The molecule has 2 rings (SSSR count). The van der Waals surface area contributed by atoms with E-state index in [2.05, 4.69) is 25.7 Å². The lowest BCUT2D eigenvalue weighted by molar-refractivity contribution is -0.0303. The molecule has 5 heteroatoms. The zero-order valence-corrected chi connectivity index (χ0v) is 15.1. The quantitative estimate of drug-likeness (QED) is 0.878. The monoisotopic (exact) mass is 342 g/mol. The Bertz CT molecular complexity index is 518. The molecule has 1 saturated heterocycles. The Labute approximate surface area is 143 Å². The number of rotatable bonds is 5. The van der Waals surface area contributed by atoms with Gasteiger partial charge in [-0.15, -0.1) is 0 Å². The Balaban J connectivity index is 2.25. The number of nitrogens with two attached hydrogens (primary N) is 1. The summed E-state index contributed by atoms with van der Waals surface area (Å²) in [6.45, 7) is 9.45. The third kappa shape index (κ3) is 4.66. The molecule has 1 aromatic carbocycles. The van der Waals surface area contributed by atoms with Crippen LogP contribution in [0.1, 0.15) is 45.3 Å². The van der Waals surface area contributed by atoms with Gasteiger partial charge in [-0.1, -0.05) is 23.7 Å². The number of ether oxygens (including phenoxy) is 1. The summed E-state index contributed by atoms with van der Waals surface area (Å²) in [4.78, 5) is 2.45. The molecule has 3 nitrogen and oxygen atoms in total. The Morgan fingerprint density at radius 3 is 2.83 bits per heavy atom. The maximum atomic E-state index is 14.5. The lowest BCUT2D eigenvalue weighted by atomic mass is 9.86. The maximum absolute atomic E-state index is 14.5. The molecular weight excluding hydrogens is 315 g/mol. The zero-order valence-electron chi connectivity index (χ0n) is 14.3. The van der Waals surface area contributed by atoms with Crippen LogP contribution in [0, 0.1) is 11.7 Å². The standard InChI is InChI=1S/C18H28ClFN2O/c1-18(2,3)22-10-5-6-13(12-22)17(23-11-9-21)14-7-4-8-15(19)16(14)20/h4,7-8,13,17H,5-6,9-12,21H2,1-3H3/t13-,17+/m1/s1. The summed E-state index contributed by atoms with van der Waals surface area (Å²) in [5, 5.41) is 0.146. The SMILES string of the molecule is CC(C)(C)N1CCC[C@@H]([C@H](OCCN)c2cccc(Cl)c2F)C1. The summed E-state index contributed by atoms with van der Waals surface area (Å²) in [5.41, 5.74) is 6.24. The minimum absolute atomic E-state index is 0.101. The Morgan fingerprint density at radius 2 is 2.17 bits per heavy atom. The fraction of sp³-hybridized carbons (Fsp3) is 0.667. The van der Waals surface area contributed by atoms with Gasteiger partial charge in [-0.3, -0.25) is 4.90 Å². The maximum Gasteiger partial charge on any atom is 0.147 e. The van der Waals surface area contributed by atoms with Gasteiger partial charge in [0.25, 0.3) is 0 Å². The minimum Gasteiger partial charge on any atom is -0.372 e. The van der Waals surface area contributed by atoms with E-state index >= 15 is 0 Å². The molecule has 0 bridgehead atoms. The van der Waals surface area contributed by atoms with E-state index in [0.29, 0.717) is 18.7 Å². The largest absolute Gasteiger partial charge is 0.372 e.